The SMILES string of the molecule is Cc1cc(F)c(F)nc1C(Nc1c(Nc2ccnc(C(=O)N(C)C)c2O)c(=O)c1=O)C1(C)CCCC1. The number of rotatable bonds is 7. The van der Waals surface area contributed by atoms with Gasteiger partial charge in [-0.1, -0.05) is 19.8 Å². The third kappa shape index (κ3) is 4.29. The number of amides is 1. The van der Waals surface area contributed by atoms with Crippen LogP contribution in [0.2, 0.25) is 0 Å². The zero-order chi connectivity index (χ0) is 26.4. The molecule has 0 saturated heterocycles. The lowest BCUT2D eigenvalue weighted by molar-refractivity contribution is 0.0819. The number of carbonyl (C=O) groups is 1. The van der Waals surface area contributed by atoms with Gasteiger partial charge in [0.15, 0.2) is 17.3 Å². The Morgan fingerprint density at radius 1 is 1.17 bits per heavy atom. The van der Waals surface area contributed by atoms with E-state index >= 15 is 0 Å². The molecule has 1 aliphatic carbocycles. The van der Waals surface area contributed by atoms with Gasteiger partial charge in [0, 0.05) is 20.3 Å². The number of aryl methyl sites for hydroxylation is 1. The van der Waals surface area contributed by atoms with Crippen molar-refractivity contribution in [1.29, 1.82) is 0 Å². The molecule has 0 bridgehead atoms. The highest BCUT2D eigenvalue weighted by Gasteiger charge is 2.41. The van der Waals surface area contributed by atoms with E-state index in [4.69, 9.17) is 0 Å². The summed E-state index contributed by atoms with van der Waals surface area (Å²) < 4.78 is 27.9. The van der Waals surface area contributed by atoms with Crippen LogP contribution in [0.3, 0.4) is 0 Å². The number of halogens is 2. The Morgan fingerprint density at radius 2 is 1.81 bits per heavy atom. The van der Waals surface area contributed by atoms with Gasteiger partial charge in [-0.05, 0) is 42.9 Å². The number of aromatic hydroxyl groups is 1. The molecule has 2 heterocycles. The Labute approximate surface area is 205 Å². The summed E-state index contributed by atoms with van der Waals surface area (Å²) in [6.45, 7) is 3.59. The Hall–Kier alpha value is -3.89. The molecule has 1 atom stereocenters. The summed E-state index contributed by atoms with van der Waals surface area (Å²) >= 11 is 0. The van der Waals surface area contributed by atoms with E-state index in [2.05, 4.69) is 20.6 Å². The minimum absolute atomic E-state index is 0.0103. The average molecular weight is 500 g/mol. The standard InChI is InChI=1S/C25H27F2N5O4/c1-12-11-13(26)23(27)31-15(12)22(25(2)8-5-6-9-25)30-17-16(20(34)21(17)35)29-14-7-10-28-18(19(14)33)24(36)32(3)4/h7,10-11,22,30,33H,5-6,8-9H2,1-4H3,(H,28,29). The minimum atomic E-state index is -1.24. The van der Waals surface area contributed by atoms with E-state index in [0.29, 0.717) is 5.56 Å². The van der Waals surface area contributed by atoms with Gasteiger partial charge in [0.25, 0.3) is 16.8 Å². The molecule has 1 aliphatic rings. The van der Waals surface area contributed by atoms with E-state index in [1.807, 2.05) is 6.92 Å². The lowest BCUT2D eigenvalue weighted by atomic mass is 9.77. The summed E-state index contributed by atoms with van der Waals surface area (Å²) in [5.41, 5.74) is -1.77. The molecule has 36 heavy (non-hydrogen) atoms. The van der Waals surface area contributed by atoms with Crippen molar-refractivity contribution >= 4 is 23.0 Å². The quantitative estimate of drug-likeness (QED) is 0.333. The molecule has 1 saturated carbocycles. The normalized spacial score (nSPS) is 15.6. The zero-order valence-electron chi connectivity index (χ0n) is 20.4. The second-order valence-electron chi connectivity index (χ2n) is 9.69. The number of hydrogen-bond acceptors (Lipinski definition) is 8. The molecule has 1 fully saturated rings. The molecule has 0 spiro atoms. The molecule has 0 radical (unpaired) electrons. The summed E-state index contributed by atoms with van der Waals surface area (Å²) in [6.07, 6.45) is 4.63. The van der Waals surface area contributed by atoms with Crippen LogP contribution >= 0.6 is 0 Å². The first-order valence-corrected chi connectivity index (χ1v) is 11.5. The van der Waals surface area contributed by atoms with Crippen molar-refractivity contribution < 1.29 is 18.7 Å². The van der Waals surface area contributed by atoms with Crippen LogP contribution in [0.5, 0.6) is 5.75 Å². The lowest BCUT2D eigenvalue weighted by Gasteiger charge is -2.36. The van der Waals surface area contributed by atoms with Gasteiger partial charge in [-0.15, -0.1) is 0 Å². The maximum atomic E-state index is 14.1. The topological polar surface area (TPSA) is 125 Å². The zero-order valence-corrected chi connectivity index (χ0v) is 20.4. The molecule has 9 nitrogen and oxygen atoms in total. The van der Waals surface area contributed by atoms with E-state index in [1.165, 1.54) is 31.3 Å². The second-order valence-corrected chi connectivity index (χ2v) is 9.69. The van der Waals surface area contributed by atoms with E-state index in [1.54, 1.807) is 6.92 Å². The molecule has 3 N–H and O–H groups in total. The molecular weight excluding hydrogens is 472 g/mol. The first-order valence-electron chi connectivity index (χ1n) is 11.5. The van der Waals surface area contributed by atoms with Crippen molar-refractivity contribution in [3.8, 4) is 5.75 Å². The molecule has 11 heteroatoms. The molecule has 4 rings (SSSR count). The fourth-order valence-corrected chi connectivity index (χ4v) is 4.76. The van der Waals surface area contributed by atoms with Crippen molar-refractivity contribution in [1.82, 2.24) is 14.9 Å². The van der Waals surface area contributed by atoms with Crippen LogP contribution in [0.15, 0.2) is 27.9 Å². The third-order valence-corrected chi connectivity index (χ3v) is 6.87. The van der Waals surface area contributed by atoms with E-state index in [-0.39, 0.29) is 28.5 Å². The summed E-state index contributed by atoms with van der Waals surface area (Å²) in [7, 11) is 3.00. The molecular formula is C25H27F2N5O4. The molecule has 3 aromatic rings. The van der Waals surface area contributed by atoms with Gasteiger partial charge >= 0.3 is 0 Å². The lowest BCUT2D eigenvalue weighted by Crippen LogP contribution is -2.40. The molecule has 2 aromatic heterocycles. The highest BCUT2D eigenvalue weighted by Crippen LogP contribution is 2.49. The van der Waals surface area contributed by atoms with Crippen LogP contribution in [0.4, 0.5) is 25.8 Å². The van der Waals surface area contributed by atoms with E-state index in [9.17, 15) is 28.3 Å². The van der Waals surface area contributed by atoms with Gasteiger partial charge in [-0.3, -0.25) is 14.4 Å². The molecule has 1 unspecified atom stereocenters. The van der Waals surface area contributed by atoms with Gasteiger partial charge in [0.05, 0.1) is 17.4 Å². The van der Waals surface area contributed by atoms with Crippen LogP contribution in [-0.4, -0.2) is 40.0 Å². The first kappa shape index (κ1) is 25.2. The average Bonchev–Trinajstić information content (AvgIpc) is 3.28. The first-order chi connectivity index (χ1) is 16.9. The van der Waals surface area contributed by atoms with Crippen LogP contribution in [0, 0.1) is 24.1 Å². The maximum absolute atomic E-state index is 14.1. The second kappa shape index (κ2) is 9.29. The smallest absolute Gasteiger partial charge is 0.275 e. The van der Waals surface area contributed by atoms with Crippen molar-refractivity contribution in [2.45, 2.75) is 45.6 Å². The van der Waals surface area contributed by atoms with Gasteiger partial charge in [-0.25, -0.2) is 14.4 Å². The predicted molar refractivity (Wildman–Crippen MR) is 130 cm³/mol. The van der Waals surface area contributed by atoms with Gasteiger partial charge < -0.3 is 20.6 Å². The van der Waals surface area contributed by atoms with Crippen molar-refractivity contribution in [2.24, 2.45) is 5.41 Å². The highest BCUT2D eigenvalue weighted by molar-refractivity contribution is 5.97. The summed E-state index contributed by atoms with van der Waals surface area (Å²) in [5, 5.41) is 16.4. The van der Waals surface area contributed by atoms with Crippen LogP contribution in [0.1, 0.15) is 60.4 Å². The van der Waals surface area contributed by atoms with Gasteiger partial charge in [-0.2, -0.15) is 4.39 Å². The number of pyridine rings is 2. The Kier molecular flexibility index (Phi) is 6.50. The van der Waals surface area contributed by atoms with E-state index in [0.717, 1.165) is 31.7 Å². The number of nitrogens with zero attached hydrogens (tertiary/aromatic N) is 3. The van der Waals surface area contributed by atoms with Crippen molar-refractivity contribution in [2.75, 3.05) is 24.7 Å². The summed E-state index contributed by atoms with van der Waals surface area (Å²) in [4.78, 5) is 46.4. The van der Waals surface area contributed by atoms with Gasteiger partial charge in [0.1, 0.15) is 11.4 Å². The van der Waals surface area contributed by atoms with Crippen LogP contribution in [-0.2, 0) is 0 Å². The number of nitrogens with one attached hydrogen (secondary N) is 2. The van der Waals surface area contributed by atoms with E-state index < -0.39 is 45.7 Å². The fourth-order valence-electron chi connectivity index (χ4n) is 4.76. The summed E-state index contributed by atoms with van der Waals surface area (Å²) in [5.74, 6) is -3.34. The fraction of sp³-hybridized carbons (Fsp3) is 0.400. The summed E-state index contributed by atoms with van der Waals surface area (Å²) in [6, 6.07) is 1.74. The Balaban J connectivity index is 1.74. The highest BCUT2D eigenvalue weighted by atomic mass is 19.2. The molecule has 1 amide bonds. The van der Waals surface area contributed by atoms with Gasteiger partial charge in [0.2, 0.25) is 5.95 Å². The monoisotopic (exact) mass is 499 g/mol. The van der Waals surface area contributed by atoms with Crippen LogP contribution in [0.25, 0.3) is 0 Å². The van der Waals surface area contributed by atoms with Crippen molar-refractivity contribution in [3.05, 3.63) is 67.5 Å². The molecule has 1 aromatic carbocycles. The minimum Gasteiger partial charge on any atom is -0.504 e. The third-order valence-electron chi connectivity index (χ3n) is 6.87. The maximum Gasteiger partial charge on any atom is 0.275 e. The largest absolute Gasteiger partial charge is 0.504 e. The predicted octanol–water partition coefficient (Wildman–Crippen LogP) is 3.54. The van der Waals surface area contributed by atoms with Crippen LogP contribution < -0.4 is 21.5 Å². The molecule has 0 aliphatic heterocycles. The molecule has 190 valence electrons. The number of hydrogen-bond donors (Lipinski definition) is 3. The number of anilines is 3. The number of aromatic nitrogens is 2. The Morgan fingerprint density at radius 3 is 2.44 bits per heavy atom. The number of carbonyl (C=O) groups excluding carboxylic acids is 1. The van der Waals surface area contributed by atoms with Crippen molar-refractivity contribution in [3.63, 3.8) is 0 Å². The Bertz CT molecular complexity index is 1410.